The third-order valence-electron chi connectivity index (χ3n) is 1.92. The summed E-state index contributed by atoms with van der Waals surface area (Å²) >= 11 is 1.23. The van der Waals surface area contributed by atoms with Crippen LogP contribution in [0.5, 0.6) is 10.9 Å². The molecule has 1 aromatic carbocycles. The third-order valence-corrected chi connectivity index (χ3v) is 2.60. The Kier molecular flexibility index (Phi) is 2.55. The molecule has 0 radical (unpaired) electrons. The van der Waals surface area contributed by atoms with E-state index in [9.17, 15) is 0 Å². The second-order valence-electron chi connectivity index (χ2n) is 3.23. The van der Waals surface area contributed by atoms with Gasteiger partial charge in [-0.1, -0.05) is 6.07 Å². The third kappa shape index (κ3) is 2.24. The molecule has 0 saturated carbocycles. The van der Waals surface area contributed by atoms with Gasteiger partial charge in [0.15, 0.2) is 0 Å². The fourth-order valence-electron chi connectivity index (χ4n) is 1.14. The van der Waals surface area contributed by atoms with Crippen LogP contribution in [-0.4, -0.2) is 9.36 Å². The molecule has 5 heteroatoms. The molecule has 2 N–H and O–H groups in total. The maximum atomic E-state index is 5.67. The number of aryl methyl sites for hydroxylation is 2. The van der Waals surface area contributed by atoms with Crippen molar-refractivity contribution in [2.24, 2.45) is 0 Å². The lowest BCUT2D eigenvalue weighted by Gasteiger charge is -2.05. The van der Waals surface area contributed by atoms with E-state index in [1.807, 2.05) is 26.0 Å². The van der Waals surface area contributed by atoms with Crippen LogP contribution in [0.3, 0.4) is 0 Å². The highest BCUT2D eigenvalue weighted by Gasteiger charge is 2.05. The highest BCUT2D eigenvalue weighted by atomic mass is 32.1. The highest BCUT2D eigenvalue weighted by molar-refractivity contribution is 7.07. The van der Waals surface area contributed by atoms with Crippen LogP contribution in [0.2, 0.25) is 0 Å². The van der Waals surface area contributed by atoms with E-state index in [4.69, 9.17) is 10.5 Å². The summed E-state index contributed by atoms with van der Waals surface area (Å²) in [5, 5.41) is 0.543. The first-order valence-corrected chi connectivity index (χ1v) is 5.27. The van der Waals surface area contributed by atoms with Crippen LogP contribution in [0.15, 0.2) is 18.2 Å². The second-order valence-corrected chi connectivity index (χ2v) is 3.95. The summed E-state index contributed by atoms with van der Waals surface area (Å²) in [7, 11) is 0. The Balaban J connectivity index is 2.27. The Morgan fingerprint density at radius 2 is 2.13 bits per heavy atom. The summed E-state index contributed by atoms with van der Waals surface area (Å²) in [6.07, 6.45) is 0. The van der Waals surface area contributed by atoms with E-state index in [1.54, 1.807) is 6.07 Å². The molecule has 4 nitrogen and oxygen atoms in total. The zero-order valence-electron chi connectivity index (χ0n) is 8.52. The average Bonchev–Trinajstić information content (AvgIpc) is 2.58. The van der Waals surface area contributed by atoms with E-state index in [0.29, 0.717) is 10.9 Å². The molecule has 1 heterocycles. The molecule has 0 spiro atoms. The lowest BCUT2D eigenvalue weighted by Crippen LogP contribution is -1.90. The first-order chi connectivity index (χ1) is 7.15. The van der Waals surface area contributed by atoms with Crippen LogP contribution >= 0.6 is 11.5 Å². The standard InChI is InChI=1S/C10H11N3OS/c1-6-3-4-8(11)5-9(6)14-10-12-7(2)13-15-10/h3-5H,11H2,1-2H3. The number of rotatable bonds is 2. The minimum absolute atomic E-state index is 0.543. The lowest BCUT2D eigenvalue weighted by molar-refractivity contribution is 0.474. The van der Waals surface area contributed by atoms with Crippen molar-refractivity contribution in [1.29, 1.82) is 0 Å². The molecule has 0 fully saturated rings. The molecule has 1 aromatic heterocycles. The number of nitrogens with zero attached hydrogens (tertiary/aromatic N) is 2. The molecule has 0 amide bonds. The zero-order chi connectivity index (χ0) is 10.8. The van der Waals surface area contributed by atoms with Gasteiger partial charge in [0.05, 0.1) is 0 Å². The van der Waals surface area contributed by atoms with Crippen LogP contribution in [0, 0.1) is 13.8 Å². The lowest BCUT2D eigenvalue weighted by atomic mass is 10.2. The Hall–Kier alpha value is -1.62. The molecule has 0 atom stereocenters. The first-order valence-electron chi connectivity index (χ1n) is 4.49. The number of anilines is 1. The minimum Gasteiger partial charge on any atom is -0.429 e. The summed E-state index contributed by atoms with van der Waals surface area (Å²) in [6.45, 7) is 3.79. The summed E-state index contributed by atoms with van der Waals surface area (Å²) < 4.78 is 9.61. The predicted octanol–water partition coefficient (Wildman–Crippen LogP) is 2.53. The van der Waals surface area contributed by atoms with Gasteiger partial charge in [-0.2, -0.15) is 9.36 Å². The Bertz CT molecular complexity index is 481. The predicted molar refractivity (Wildman–Crippen MR) is 60.3 cm³/mol. The van der Waals surface area contributed by atoms with Crippen molar-refractivity contribution in [3.05, 3.63) is 29.6 Å². The summed E-state index contributed by atoms with van der Waals surface area (Å²) in [5.74, 6) is 1.45. The summed E-state index contributed by atoms with van der Waals surface area (Å²) in [5.41, 5.74) is 7.38. The molecule has 0 aliphatic heterocycles. The van der Waals surface area contributed by atoms with Gasteiger partial charge < -0.3 is 10.5 Å². The van der Waals surface area contributed by atoms with Crippen LogP contribution in [0.4, 0.5) is 5.69 Å². The molecule has 15 heavy (non-hydrogen) atoms. The van der Waals surface area contributed by atoms with Crippen LogP contribution in [0.1, 0.15) is 11.4 Å². The number of benzene rings is 1. The monoisotopic (exact) mass is 221 g/mol. The van der Waals surface area contributed by atoms with Gasteiger partial charge in [-0.25, -0.2) is 0 Å². The van der Waals surface area contributed by atoms with Gasteiger partial charge in [0, 0.05) is 23.3 Å². The van der Waals surface area contributed by atoms with Gasteiger partial charge in [0.1, 0.15) is 11.6 Å². The fourth-order valence-corrected chi connectivity index (χ4v) is 1.69. The molecular formula is C10H11N3OS. The van der Waals surface area contributed by atoms with Crippen LogP contribution in [-0.2, 0) is 0 Å². The molecule has 2 rings (SSSR count). The number of nitrogen functional groups attached to an aromatic ring is 1. The Morgan fingerprint density at radius 1 is 1.33 bits per heavy atom. The first kappa shape index (κ1) is 9.92. The number of nitrogens with two attached hydrogens (primary N) is 1. The van der Waals surface area contributed by atoms with E-state index < -0.39 is 0 Å². The minimum atomic E-state index is 0.543. The van der Waals surface area contributed by atoms with Gasteiger partial charge in [-0.3, -0.25) is 0 Å². The van der Waals surface area contributed by atoms with E-state index in [2.05, 4.69) is 9.36 Å². The van der Waals surface area contributed by atoms with Crippen molar-refractivity contribution < 1.29 is 4.74 Å². The van der Waals surface area contributed by atoms with Crippen molar-refractivity contribution in [1.82, 2.24) is 9.36 Å². The molecular weight excluding hydrogens is 210 g/mol. The van der Waals surface area contributed by atoms with Gasteiger partial charge in [0.2, 0.25) is 0 Å². The summed E-state index contributed by atoms with van der Waals surface area (Å²) in [6, 6.07) is 5.54. The molecule has 0 bridgehead atoms. The smallest absolute Gasteiger partial charge is 0.298 e. The quantitative estimate of drug-likeness (QED) is 0.791. The van der Waals surface area contributed by atoms with E-state index in [1.165, 1.54) is 11.5 Å². The summed E-state index contributed by atoms with van der Waals surface area (Å²) in [4.78, 5) is 4.12. The average molecular weight is 221 g/mol. The van der Waals surface area contributed by atoms with Crippen molar-refractivity contribution in [3.8, 4) is 10.9 Å². The Morgan fingerprint density at radius 3 is 2.80 bits per heavy atom. The van der Waals surface area contributed by atoms with Crippen molar-refractivity contribution in [2.75, 3.05) is 5.73 Å². The van der Waals surface area contributed by atoms with E-state index in [0.717, 1.165) is 17.1 Å². The maximum absolute atomic E-state index is 5.67. The van der Waals surface area contributed by atoms with E-state index >= 15 is 0 Å². The van der Waals surface area contributed by atoms with Crippen molar-refractivity contribution in [2.45, 2.75) is 13.8 Å². The highest BCUT2D eigenvalue weighted by Crippen LogP contribution is 2.27. The van der Waals surface area contributed by atoms with Gasteiger partial charge in [0.25, 0.3) is 5.19 Å². The maximum Gasteiger partial charge on any atom is 0.298 e. The number of hydrogen-bond acceptors (Lipinski definition) is 5. The van der Waals surface area contributed by atoms with Gasteiger partial charge in [-0.15, -0.1) is 0 Å². The Labute approximate surface area is 91.9 Å². The number of aromatic nitrogens is 2. The topological polar surface area (TPSA) is 61.0 Å². The molecule has 78 valence electrons. The molecule has 0 aliphatic rings. The van der Waals surface area contributed by atoms with Gasteiger partial charge >= 0.3 is 0 Å². The fraction of sp³-hybridized carbons (Fsp3) is 0.200. The largest absolute Gasteiger partial charge is 0.429 e. The zero-order valence-corrected chi connectivity index (χ0v) is 9.34. The van der Waals surface area contributed by atoms with Crippen LogP contribution in [0.25, 0.3) is 0 Å². The SMILES string of the molecule is Cc1nsc(Oc2cc(N)ccc2C)n1. The van der Waals surface area contributed by atoms with Gasteiger partial charge in [-0.05, 0) is 25.5 Å². The van der Waals surface area contributed by atoms with Crippen LogP contribution < -0.4 is 10.5 Å². The molecule has 0 saturated heterocycles. The van der Waals surface area contributed by atoms with Crippen molar-refractivity contribution in [3.63, 3.8) is 0 Å². The normalized spacial score (nSPS) is 10.3. The second kappa shape index (κ2) is 3.86. The van der Waals surface area contributed by atoms with E-state index in [-0.39, 0.29) is 0 Å². The number of ether oxygens (including phenoxy) is 1. The molecule has 0 unspecified atom stereocenters. The van der Waals surface area contributed by atoms with Crippen molar-refractivity contribution >= 4 is 17.2 Å². The molecule has 0 aliphatic carbocycles. The molecule has 2 aromatic rings. The number of hydrogen-bond donors (Lipinski definition) is 1.